The van der Waals surface area contributed by atoms with E-state index in [1.165, 1.54) is 5.56 Å². The summed E-state index contributed by atoms with van der Waals surface area (Å²) in [6.07, 6.45) is 1.02. The van der Waals surface area contributed by atoms with Gasteiger partial charge in [0.2, 0.25) is 0 Å². The minimum absolute atomic E-state index is 0.0559. The van der Waals surface area contributed by atoms with Crippen LogP contribution < -0.4 is 5.32 Å². The molecule has 152 valence electrons. The number of carbonyl (C=O) groups excluding carboxylic acids is 1. The van der Waals surface area contributed by atoms with E-state index >= 15 is 0 Å². The number of amides is 1. The minimum atomic E-state index is -0.0559. The van der Waals surface area contributed by atoms with Crippen LogP contribution in [0, 0.1) is 6.92 Å². The van der Waals surface area contributed by atoms with Gasteiger partial charge in [0.05, 0.1) is 24.2 Å². The van der Waals surface area contributed by atoms with Crippen molar-refractivity contribution >= 4 is 16.9 Å². The summed E-state index contributed by atoms with van der Waals surface area (Å²) in [6, 6.07) is 14.3. The third-order valence-corrected chi connectivity index (χ3v) is 5.50. The van der Waals surface area contributed by atoms with E-state index in [-0.39, 0.29) is 5.91 Å². The van der Waals surface area contributed by atoms with Crippen LogP contribution in [0.4, 0.5) is 0 Å². The Morgan fingerprint density at radius 1 is 1.14 bits per heavy atom. The second kappa shape index (κ2) is 8.76. The predicted octanol–water partition coefficient (Wildman–Crippen LogP) is 2.96. The third kappa shape index (κ3) is 4.33. The number of nitrogens with zero attached hydrogens (tertiary/aromatic N) is 3. The molecule has 6 heteroatoms. The Hall–Kier alpha value is -2.70. The number of nitrogens with one attached hydrogen (secondary N) is 1. The fourth-order valence-electron chi connectivity index (χ4n) is 3.80. The van der Waals surface area contributed by atoms with Crippen molar-refractivity contribution in [1.82, 2.24) is 19.8 Å². The van der Waals surface area contributed by atoms with E-state index in [1.54, 1.807) is 0 Å². The molecular weight excluding hydrogens is 364 g/mol. The highest BCUT2D eigenvalue weighted by atomic mass is 16.5. The number of hydrogen-bond acceptors (Lipinski definition) is 4. The molecule has 0 aliphatic carbocycles. The molecule has 3 aromatic rings. The van der Waals surface area contributed by atoms with Gasteiger partial charge >= 0.3 is 0 Å². The molecule has 1 aromatic heterocycles. The summed E-state index contributed by atoms with van der Waals surface area (Å²) in [5, 5.41) is 3.02. The van der Waals surface area contributed by atoms with Crippen molar-refractivity contribution in [2.45, 2.75) is 20.3 Å². The SMILES string of the molecule is CCc1ccc(-n2c(C)nc3cc(C(=O)NCCN4CCOCC4)ccc32)cc1. The highest BCUT2D eigenvalue weighted by Crippen LogP contribution is 2.23. The number of benzene rings is 2. The first kappa shape index (κ1) is 19.6. The highest BCUT2D eigenvalue weighted by molar-refractivity contribution is 5.97. The smallest absolute Gasteiger partial charge is 0.251 e. The quantitative estimate of drug-likeness (QED) is 0.701. The van der Waals surface area contributed by atoms with Crippen molar-refractivity contribution < 1.29 is 9.53 Å². The van der Waals surface area contributed by atoms with E-state index in [0.29, 0.717) is 12.1 Å². The van der Waals surface area contributed by atoms with Gasteiger partial charge in [-0.1, -0.05) is 19.1 Å². The van der Waals surface area contributed by atoms with Crippen molar-refractivity contribution in [2.24, 2.45) is 0 Å². The van der Waals surface area contributed by atoms with Gasteiger partial charge < -0.3 is 10.1 Å². The van der Waals surface area contributed by atoms with Crippen LogP contribution in [0.15, 0.2) is 42.5 Å². The van der Waals surface area contributed by atoms with Crippen LogP contribution in [0.25, 0.3) is 16.7 Å². The lowest BCUT2D eigenvalue weighted by atomic mass is 10.1. The number of aromatic nitrogens is 2. The van der Waals surface area contributed by atoms with E-state index in [0.717, 1.165) is 61.8 Å². The molecular formula is C23H28N4O2. The molecule has 1 amide bonds. The molecule has 0 saturated carbocycles. The summed E-state index contributed by atoms with van der Waals surface area (Å²) in [6.45, 7) is 9.03. The normalized spacial score (nSPS) is 15.0. The maximum Gasteiger partial charge on any atom is 0.251 e. The molecule has 1 N–H and O–H groups in total. The summed E-state index contributed by atoms with van der Waals surface area (Å²) < 4.78 is 7.49. The van der Waals surface area contributed by atoms with Crippen LogP contribution in [0.2, 0.25) is 0 Å². The summed E-state index contributed by atoms with van der Waals surface area (Å²) in [7, 11) is 0. The lowest BCUT2D eigenvalue weighted by molar-refractivity contribution is 0.0383. The van der Waals surface area contributed by atoms with E-state index in [4.69, 9.17) is 4.74 Å². The highest BCUT2D eigenvalue weighted by Gasteiger charge is 2.14. The molecule has 29 heavy (non-hydrogen) atoms. The molecule has 0 radical (unpaired) electrons. The van der Waals surface area contributed by atoms with Crippen molar-refractivity contribution in [1.29, 1.82) is 0 Å². The molecule has 0 unspecified atom stereocenters. The maximum atomic E-state index is 12.6. The summed E-state index contributed by atoms with van der Waals surface area (Å²) in [5.41, 5.74) is 4.89. The van der Waals surface area contributed by atoms with Crippen LogP contribution in [0.1, 0.15) is 28.7 Å². The second-order valence-corrected chi connectivity index (χ2v) is 7.43. The Bertz CT molecular complexity index is 988. The topological polar surface area (TPSA) is 59.4 Å². The number of morpholine rings is 1. The van der Waals surface area contributed by atoms with Gasteiger partial charge in [0.1, 0.15) is 5.82 Å². The molecule has 4 rings (SSSR count). The van der Waals surface area contributed by atoms with Gasteiger partial charge in [0.25, 0.3) is 5.91 Å². The van der Waals surface area contributed by atoms with Gasteiger partial charge in [0, 0.05) is 37.4 Å². The molecule has 0 atom stereocenters. The van der Waals surface area contributed by atoms with Gasteiger partial charge in [-0.15, -0.1) is 0 Å². The Morgan fingerprint density at radius 3 is 2.62 bits per heavy atom. The molecule has 1 fully saturated rings. The number of rotatable bonds is 6. The first-order valence-corrected chi connectivity index (χ1v) is 10.3. The molecule has 1 aliphatic rings. The van der Waals surface area contributed by atoms with Gasteiger partial charge in [-0.05, 0) is 49.2 Å². The zero-order chi connectivity index (χ0) is 20.2. The monoisotopic (exact) mass is 392 g/mol. The van der Waals surface area contributed by atoms with Crippen LogP contribution >= 0.6 is 0 Å². The van der Waals surface area contributed by atoms with Gasteiger partial charge in [-0.25, -0.2) is 4.98 Å². The van der Waals surface area contributed by atoms with Gasteiger partial charge in [0.15, 0.2) is 0 Å². The molecule has 1 aliphatic heterocycles. The molecule has 0 spiro atoms. The van der Waals surface area contributed by atoms with Gasteiger partial charge in [-0.3, -0.25) is 14.3 Å². The Balaban J connectivity index is 1.48. The fraction of sp³-hybridized carbons (Fsp3) is 0.391. The summed E-state index contributed by atoms with van der Waals surface area (Å²) in [5.74, 6) is 0.855. The predicted molar refractivity (Wildman–Crippen MR) is 115 cm³/mol. The number of aryl methyl sites for hydroxylation is 2. The molecule has 1 saturated heterocycles. The number of hydrogen-bond donors (Lipinski definition) is 1. The molecule has 6 nitrogen and oxygen atoms in total. The average molecular weight is 393 g/mol. The van der Waals surface area contributed by atoms with Crippen molar-refractivity contribution in [3.63, 3.8) is 0 Å². The summed E-state index contributed by atoms with van der Waals surface area (Å²) >= 11 is 0. The average Bonchev–Trinajstić information content (AvgIpc) is 3.09. The fourth-order valence-corrected chi connectivity index (χ4v) is 3.80. The first-order chi connectivity index (χ1) is 14.2. The van der Waals surface area contributed by atoms with Crippen molar-refractivity contribution in [2.75, 3.05) is 39.4 Å². The van der Waals surface area contributed by atoms with E-state index in [9.17, 15) is 4.79 Å². The van der Waals surface area contributed by atoms with Crippen LogP contribution in [-0.2, 0) is 11.2 Å². The Labute approximate surface area is 171 Å². The van der Waals surface area contributed by atoms with Crippen LogP contribution in [-0.4, -0.2) is 59.8 Å². The number of imidazole rings is 1. The molecule has 2 aromatic carbocycles. The largest absolute Gasteiger partial charge is 0.379 e. The van der Waals surface area contributed by atoms with Gasteiger partial charge in [-0.2, -0.15) is 0 Å². The minimum Gasteiger partial charge on any atom is -0.379 e. The van der Waals surface area contributed by atoms with Crippen molar-refractivity contribution in [3.8, 4) is 5.69 Å². The second-order valence-electron chi connectivity index (χ2n) is 7.43. The maximum absolute atomic E-state index is 12.6. The molecule has 2 heterocycles. The Kier molecular flexibility index (Phi) is 5.92. The standard InChI is InChI=1S/C23H28N4O2/c1-3-18-4-7-20(8-5-18)27-17(2)25-21-16-19(6-9-22(21)27)23(28)24-10-11-26-12-14-29-15-13-26/h4-9,16H,3,10-15H2,1-2H3,(H,24,28). The lowest BCUT2D eigenvalue weighted by Crippen LogP contribution is -2.41. The lowest BCUT2D eigenvalue weighted by Gasteiger charge is -2.26. The number of ether oxygens (including phenoxy) is 1. The first-order valence-electron chi connectivity index (χ1n) is 10.3. The zero-order valence-corrected chi connectivity index (χ0v) is 17.1. The van der Waals surface area contributed by atoms with Crippen LogP contribution in [0.3, 0.4) is 0 Å². The summed E-state index contributed by atoms with van der Waals surface area (Å²) in [4.78, 5) is 19.6. The number of fused-ring (bicyclic) bond motifs is 1. The van der Waals surface area contributed by atoms with Crippen LogP contribution in [0.5, 0.6) is 0 Å². The third-order valence-electron chi connectivity index (χ3n) is 5.50. The zero-order valence-electron chi connectivity index (χ0n) is 17.1. The molecule has 0 bridgehead atoms. The number of carbonyl (C=O) groups is 1. The van der Waals surface area contributed by atoms with E-state index < -0.39 is 0 Å². The van der Waals surface area contributed by atoms with Crippen molar-refractivity contribution in [3.05, 3.63) is 59.4 Å². The van der Waals surface area contributed by atoms with E-state index in [2.05, 4.69) is 51.0 Å². The Morgan fingerprint density at radius 2 is 1.90 bits per heavy atom. The van der Waals surface area contributed by atoms with E-state index in [1.807, 2.05) is 25.1 Å².